The van der Waals surface area contributed by atoms with Crippen molar-refractivity contribution in [2.75, 3.05) is 26.9 Å². The molecule has 0 bridgehead atoms. The fourth-order valence-electron chi connectivity index (χ4n) is 5.26. The summed E-state index contributed by atoms with van der Waals surface area (Å²) in [6.45, 7) is 3.74. The van der Waals surface area contributed by atoms with Crippen LogP contribution >= 0.6 is 0 Å². The van der Waals surface area contributed by atoms with E-state index in [2.05, 4.69) is 10.6 Å². The van der Waals surface area contributed by atoms with Gasteiger partial charge in [-0.15, -0.1) is 0 Å². The molecule has 1 aliphatic carbocycles. The third-order valence-corrected chi connectivity index (χ3v) is 7.44. The molecule has 1 heterocycles. The molecule has 5 N–H and O–H groups in total. The lowest BCUT2D eigenvalue weighted by molar-refractivity contribution is -0.295. The minimum absolute atomic E-state index is 0.0361. The molecule has 2 aliphatic rings. The normalized spacial score (nSPS) is 23.0. The molecule has 6 atom stereocenters. The number of methoxy groups -OCH3 is 1. The number of ether oxygens (including phenoxy) is 5. The molecule has 14 heteroatoms. The van der Waals surface area contributed by atoms with Gasteiger partial charge in [0.25, 0.3) is 0 Å². The lowest BCUT2D eigenvalue weighted by atomic mass is 9.98. The van der Waals surface area contributed by atoms with E-state index in [1.54, 1.807) is 20.8 Å². The Morgan fingerprint density at radius 1 is 0.870 bits per heavy atom. The first-order valence-electron chi connectivity index (χ1n) is 14.8. The van der Waals surface area contributed by atoms with Gasteiger partial charge in [0.1, 0.15) is 55.8 Å². The Balaban J connectivity index is 1.29. The highest BCUT2D eigenvalue weighted by atomic mass is 16.7. The summed E-state index contributed by atoms with van der Waals surface area (Å²) in [6, 6.07) is 14.2. The van der Waals surface area contributed by atoms with Crippen LogP contribution in [0.5, 0.6) is 0 Å². The second-order valence-electron chi connectivity index (χ2n) is 12.0. The standard InChI is InChI=1S/C32H40N2O12/c1-32(2,3)46-29(40)22(13-25(36)43-16-23-26(37)27(38)28(39)30(42-4)45-23)34-24(35)14-33-31(41)44-15-21-19-11-7-5-9-17(19)18-10-6-8-12-20(18)21/h5-12,21-23,26-28,30,37-39H,13-16H2,1-4H3,(H,33,41)(H,34,35)/t22-,23+,26+,27-,28-,30-/m0/s1. The van der Waals surface area contributed by atoms with Gasteiger partial charge < -0.3 is 49.6 Å². The summed E-state index contributed by atoms with van der Waals surface area (Å²) in [5.74, 6) is -2.87. The number of aliphatic hydroxyl groups excluding tert-OH is 3. The van der Waals surface area contributed by atoms with E-state index in [1.807, 2.05) is 48.5 Å². The Bertz CT molecular complexity index is 1360. The molecule has 0 aromatic heterocycles. The Morgan fingerprint density at radius 3 is 2.07 bits per heavy atom. The van der Waals surface area contributed by atoms with Crippen LogP contribution in [0.3, 0.4) is 0 Å². The molecular weight excluding hydrogens is 604 g/mol. The van der Waals surface area contributed by atoms with E-state index in [4.69, 9.17) is 23.7 Å². The molecule has 0 radical (unpaired) electrons. The summed E-state index contributed by atoms with van der Waals surface area (Å²) in [5, 5.41) is 34.8. The maximum absolute atomic E-state index is 12.8. The summed E-state index contributed by atoms with van der Waals surface area (Å²) in [4.78, 5) is 50.7. The van der Waals surface area contributed by atoms with Gasteiger partial charge in [0, 0.05) is 13.0 Å². The van der Waals surface area contributed by atoms with Gasteiger partial charge >= 0.3 is 18.0 Å². The number of fused-ring (bicyclic) bond motifs is 3. The van der Waals surface area contributed by atoms with Gasteiger partial charge in [0.15, 0.2) is 6.29 Å². The first-order valence-corrected chi connectivity index (χ1v) is 14.8. The number of rotatable bonds is 11. The third-order valence-electron chi connectivity index (χ3n) is 7.44. The zero-order chi connectivity index (χ0) is 33.6. The highest BCUT2D eigenvalue weighted by Crippen LogP contribution is 2.44. The molecule has 1 saturated heterocycles. The largest absolute Gasteiger partial charge is 0.463 e. The predicted molar refractivity (Wildman–Crippen MR) is 160 cm³/mol. The maximum Gasteiger partial charge on any atom is 0.407 e. The van der Waals surface area contributed by atoms with Gasteiger partial charge in [-0.2, -0.15) is 0 Å². The zero-order valence-corrected chi connectivity index (χ0v) is 26.0. The number of amides is 2. The second-order valence-corrected chi connectivity index (χ2v) is 12.0. The Hall–Kier alpha value is -4.08. The topological polar surface area (TPSA) is 199 Å². The first kappa shape index (κ1) is 34.8. The van der Waals surface area contributed by atoms with E-state index < -0.39 is 85.9 Å². The van der Waals surface area contributed by atoms with Gasteiger partial charge in [-0.3, -0.25) is 9.59 Å². The summed E-state index contributed by atoms with van der Waals surface area (Å²) < 4.78 is 26.1. The smallest absolute Gasteiger partial charge is 0.407 e. The van der Waals surface area contributed by atoms with Crippen LogP contribution in [0.2, 0.25) is 0 Å². The van der Waals surface area contributed by atoms with Crippen molar-refractivity contribution in [3.63, 3.8) is 0 Å². The molecule has 1 aliphatic heterocycles. The van der Waals surface area contributed by atoms with E-state index in [9.17, 15) is 34.5 Å². The summed E-state index contributed by atoms with van der Waals surface area (Å²) in [5.41, 5.74) is 3.24. The monoisotopic (exact) mass is 644 g/mol. The minimum atomic E-state index is -1.62. The van der Waals surface area contributed by atoms with Crippen molar-refractivity contribution >= 4 is 23.9 Å². The number of hydrogen-bond donors (Lipinski definition) is 5. The molecule has 4 rings (SSSR count). The number of alkyl carbamates (subject to hydrolysis) is 1. The van der Waals surface area contributed by atoms with Gasteiger partial charge in [0.05, 0.1) is 6.42 Å². The maximum atomic E-state index is 12.8. The lowest BCUT2D eigenvalue weighted by Crippen LogP contribution is -2.59. The van der Waals surface area contributed by atoms with Crippen LogP contribution in [0.25, 0.3) is 11.1 Å². The molecule has 2 aromatic rings. The van der Waals surface area contributed by atoms with E-state index >= 15 is 0 Å². The Kier molecular flexibility index (Phi) is 11.3. The highest BCUT2D eigenvalue weighted by Gasteiger charge is 2.44. The zero-order valence-electron chi connectivity index (χ0n) is 26.0. The Labute approximate surface area is 265 Å². The summed E-state index contributed by atoms with van der Waals surface area (Å²) in [7, 11) is 1.22. The van der Waals surface area contributed by atoms with Crippen molar-refractivity contribution in [1.82, 2.24) is 10.6 Å². The molecule has 46 heavy (non-hydrogen) atoms. The number of aliphatic hydroxyl groups is 3. The van der Waals surface area contributed by atoms with Crippen LogP contribution in [0.4, 0.5) is 4.79 Å². The number of esters is 2. The van der Waals surface area contributed by atoms with Crippen molar-refractivity contribution in [3.05, 3.63) is 59.7 Å². The molecule has 2 aromatic carbocycles. The van der Waals surface area contributed by atoms with Crippen molar-refractivity contribution in [2.45, 2.75) is 75.5 Å². The Morgan fingerprint density at radius 2 is 1.48 bits per heavy atom. The minimum Gasteiger partial charge on any atom is -0.463 e. The summed E-state index contributed by atoms with van der Waals surface area (Å²) >= 11 is 0. The van der Waals surface area contributed by atoms with E-state index in [0.29, 0.717) is 0 Å². The molecule has 14 nitrogen and oxygen atoms in total. The number of carbonyl (C=O) groups excluding carboxylic acids is 4. The number of carbonyl (C=O) groups is 4. The molecule has 0 saturated carbocycles. The van der Waals surface area contributed by atoms with Crippen LogP contribution in [0, 0.1) is 0 Å². The van der Waals surface area contributed by atoms with Crippen LogP contribution < -0.4 is 10.6 Å². The van der Waals surface area contributed by atoms with Crippen LogP contribution in [-0.4, -0.2) is 108 Å². The molecule has 1 fully saturated rings. The number of benzene rings is 2. The second kappa shape index (κ2) is 15.0. The van der Waals surface area contributed by atoms with Crippen LogP contribution in [0.15, 0.2) is 48.5 Å². The SMILES string of the molecule is CO[C@H]1O[C@H](COC(=O)C[C@H](NC(=O)CNC(=O)OCC2c3ccccc3-c3ccccc32)C(=O)OC(C)(C)C)[C@@H](O)[C@H](O)[C@@H]1O. The average Bonchev–Trinajstić information content (AvgIpc) is 3.33. The van der Waals surface area contributed by atoms with Crippen molar-refractivity contribution < 1.29 is 58.2 Å². The average molecular weight is 645 g/mol. The molecule has 0 unspecified atom stereocenters. The van der Waals surface area contributed by atoms with Gasteiger partial charge in [-0.05, 0) is 43.0 Å². The van der Waals surface area contributed by atoms with E-state index in [0.717, 1.165) is 22.3 Å². The summed E-state index contributed by atoms with van der Waals surface area (Å²) in [6.07, 6.45) is -8.78. The quantitative estimate of drug-likeness (QED) is 0.170. The molecule has 0 spiro atoms. The van der Waals surface area contributed by atoms with Crippen molar-refractivity contribution in [3.8, 4) is 11.1 Å². The fraction of sp³-hybridized carbons (Fsp3) is 0.500. The molecular formula is C32H40N2O12. The molecule has 2 amide bonds. The first-order chi connectivity index (χ1) is 21.8. The van der Waals surface area contributed by atoms with Gasteiger partial charge in [-0.25, -0.2) is 9.59 Å². The third kappa shape index (κ3) is 8.59. The van der Waals surface area contributed by atoms with Gasteiger partial charge in [-0.1, -0.05) is 48.5 Å². The predicted octanol–water partition coefficient (Wildman–Crippen LogP) is 0.739. The number of nitrogens with one attached hydrogen (secondary N) is 2. The highest BCUT2D eigenvalue weighted by molar-refractivity contribution is 5.90. The van der Waals surface area contributed by atoms with Crippen molar-refractivity contribution in [2.24, 2.45) is 0 Å². The van der Waals surface area contributed by atoms with Crippen LogP contribution in [-0.2, 0) is 38.1 Å². The van der Waals surface area contributed by atoms with Crippen LogP contribution in [0.1, 0.15) is 44.2 Å². The lowest BCUT2D eigenvalue weighted by Gasteiger charge is -2.39. The van der Waals surface area contributed by atoms with E-state index in [-0.39, 0.29) is 12.5 Å². The van der Waals surface area contributed by atoms with Gasteiger partial charge in [0.2, 0.25) is 5.91 Å². The molecule has 250 valence electrons. The van der Waals surface area contributed by atoms with Crippen molar-refractivity contribution in [1.29, 1.82) is 0 Å². The fourth-order valence-corrected chi connectivity index (χ4v) is 5.26. The number of hydrogen-bond acceptors (Lipinski definition) is 12. The van der Waals surface area contributed by atoms with E-state index in [1.165, 1.54) is 7.11 Å².